The van der Waals surface area contributed by atoms with Crippen LogP contribution in [0.15, 0.2) is 18.2 Å². The van der Waals surface area contributed by atoms with Crippen molar-refractivity contribution in [3.8, 4) is 11.5 Å². The van der Waals surface area contributed by atoms with E-state index in [9.17, 15) is 14.4 Å². The number of thiophene rings is 1. The normalized spacial score (nSPS) is 12.4. The Hall–Kier alpha value is -3.07. The molecule has 1 aliphatic rings. The second-order valence-corrected chi connectivity index (χ2v) is 9.05. The van der Waals surface area contributed by atoms with E-state index in [1.807, 2.05) is 0 Å². The standard InChI is InChI=1S/C23H28N2O6S/c1-13(2)9-10-30-16-8-7-14(11-17(16)29-3)23(28)31-12-19(26)25-22-20(21(24)27)15-5-4-6-18(15)32-22/h7-8,11,13H,4-6,9-10,12H2,1-3H3,(H2,24,27)(H,25,26). The highest BCUT2D eigenvalue weighted by atomic mass is 32.1. The Morgan fingerprint density at radius 1 is 1.19 bits per heavy atom. The largest absolute Gasteiger partial charge is 0.493 e. The van der Waals surface area contributed by atoms with Gasteiger partial charge < -0.3 is 25.3 Å². The van der Waals surface area contributed by atoms with E-state index in [0.717, 1.165) is 36.1 Å². The summed E-state index contributed by atoms with van der Waals surface area (Å²) in [5, 5.41) is 3.06. The van der Waals surface area contributed by atoms with Gasteiger partial charge in [-0.3, -0.25) is 9.59 Å². The first-order valence-electron chi connectivity index (χ1n) is 10.5. The lowest BCUT2D eigenvalue weighted by atomic mass is 10.1. The number of aryl methyl sites for hydroxylation is 1. The van der Waals surface area contributed by atoms with Crippen molar-refractivity contribution < 1.29 is 28.6 Å². The van der Waals surface area contributed by atoms with Gasteiger partial charge in [0.2, 0.25) is 0 Å². The molecule has 0 unspecified atom stereocenters. The fourth-order valence-corrected chi connectivity index (χ4v) is 4.76. The number of ether oxygens (including phenoxy) is 3. The Bertz CT molecular complexity index is 1010. The van der Waals surface area contributed by atoms with Crippen molar-refractivity contribution in [2.45, 2.75) is 39.5 Å². The quantitative estimate of drug-likeness (QED) is 0.524. The molecule has 0 spiro atoms. The highest BCUT2D eigenvalue weighted by molar-refractivity contribution is 7.17. The highest BCUT2D eigenvalue weighted by Crippen LogP contribution is 2.38. The lowest BCUT2D eigenvalue weighted by molar-refractivity contribution is -0.119. The molecule has 1 heterocycles. The number of hydrogen-bond acceptors (Lipinski definition) is 7. The molecule has 0 radical (unpaired) electrons. The van der Waals surface area contributed by atoms with Crippen LogP contribution in [0.25, 0.3) is 0 Å². The van der Waals surface area contributed by atoms with Gasteiger partial charge in [0.05, 0.1) is 24.8 Å². The fraction of sp³-hybridized carbons (Fsp3) is 0.435. The van der Waals surface area contributed by atoms with Crippen LogP contribution >= 0.6 is 11.3 Å². The number of methoxy groups -OCH3 is 1. The molecular weight excluding hydrogens is 432 g/mol. The Kier molecular flexibility index (Phi) is 7.74. The maximum Gasteiger partial charge on any atom is 0.338 e. The first kappa shape index (κ1) is 23.6. The van der Waals surface area contributed by atoms with E-state index in [2.05, 4.69) is 19.2 Å². The van der Waals surface area contributed by atoms with E-state index in [4.69, 9.17) is 19.9 Å². The Morgan fingerprint density at radius 2 is 1.97 bits per heavy atom. The minimum Gasteiger partial charge on any atom is -0.493 e. The van der Waals surface area contributed by atoms with Crippen molar-refractivity contribution in [3.05, 3.63) is 39.8 Å². The number of hydrogen-bond donors (Lipinski definition) is 2. The Morgan fingerprint density at radius 3 is 2.66 bits per heavy atom. The molecule has 32 heavy (non-hydrogen) atoms. The number of primary amides is 1. The number of fused-ring (bicyclic) bond motifs is 1. The molecule has 0 bridgehead atoms. The van der Waals surface area contributed by atoms with Crippen LogP contribution < -0.4 is 20.5 Å². The second kappa shape index (κ2) is 10.5. The molecule has 2 amide bonds. The second-order valence-electron chi connectivity index (χ2n) is 7.95. The zero-order chi connectivity index (χ0) is 23.3. The zero-order valence-electron chi connectivity index (χ0n) is 18.5. The van der Waals surface area contributed by atoms with Crippen molar-refractivity contribution in [3.63, 3.8) is 0 Å². The van der Waals surface area contributed by atoms with Crippen LogP contribution in [-0.4, -0.2) is 38.1 Å². The third-order valence-corrected chi connectivity index (χ3v) is 6.31. The average Bonchev–Trinajstić information content (AvgIpc) is 3.32. The van der Waals surface area contributed by atoms with Crippen LogP contribution in [0, 0.1) is 5.92 Å². The van der Waals surface area contributed by atoms with Gasteiger partial charge in [-0.1, -0.05) is 13.8 Å². The molecular formula is C23H28N2O6S. The van der Waals surface area contributed by atoms with Crippen LogP contribution in [0.5, 0.6) is 11.5 Å². The molecule has 0 atom stereocenters. The maximum absolute atomic E-state index is 12.4. The third kappa shape index (κ3) is 5.59. The van der Waals surface area contributed by atoms with Gasteiger partial charge in [0.15, 0.2) is 18.1 Å². The van der Waals surface area contributed by atoms with Gasteiger partial charge in [0.25, 0.3) is 11.8 Å². The van der Waals surface area contributed by atoms with E-state index in [-0.39, 0.29) is 5.56 Å². The first-order valence-corrected chi connectivity index (χ1v) is 11.3. The molecule has 0 aliphatic heterocycles. The van der Waals surface area contributed by atoms with E-state index < -0.39 is 24.4 Å². The molecule has 3 N–H and O–H groups in total. The highest BCUT2D eigenvalue weighted by Gasteiger charge is 2.26. The molecule has 9 heteroatoms. The monoisotopic (exact) mass is 460 g/mol. The lowest BCUT2D eigenvalue weighted by Crippen LogP contribution is -2.22. The zero-order valence-corrected chi connectivity index (χ0v) is 19.3. The van der Waals surface area contributed by atoms with E-state index in [1.165, 1.54) is 24.5 Å². The van der Waals surface area contributed by atoms with Gasteiger partial charge in [-0.05, 0) is 55.4 Å². The van der Waals surface area contributed by atoms with Crippen molar-refractivity contribution in [2.24, 2.45) is 11.7 Å². The van der Waals surface area contributed by atoms with Crippen molar-refractivity contribution >= 4 is 34.1 Å². The Labute approximate surface area is 191 Å². The number of anilines is 1. The molecule has 1 aliphatic carbocycles. The van der Waals surface area contributed by atoms with E-state index >= 15 is 0 Å². The number of benzene rings is 1. The summed E-state index contributed by atoms with van der Waals surface area (Å²) in [6, 6.07) is 4.71. The topological polar surface area (TPSA) is 117 Å². The molecule has 1 aromatic heterocycles. The molecule has 0 saturated carbocycles. The SMILES string of the molecule is COc1cc(C(=O)OCC(=O)Nc2sc3c(c2C(N)=O)CCC3)ccc1OCCC(C)C. The number of nitrogens with two attached hydrogens (primary N) is 1. The summed E-state index contributed by atoms with van der Waals surface area (Å²) in [5.41, 5.74) is 7.01. The summed E-state index contributed by atoms with van der Waals surface area (Å²) in [6.07, 6.45) is 3.50. The molecule has 0 saturated heterocycles. The van der Waals surface area contributed by atoms with Gasteiger partial charge >= 0.3 is 5.97 Å². The van der Waals surface area contributed by atoms with Gasteiger partial charge in [0, 0.05) is 4.88 Å². The van der Waals surface area contributed by atoms with E-state index in [0.29, 0.717) is 34.6 Å². The fourth-order valence-electron chi connectivity index (χ4n) is 3.45. The minimum atomic E-state index is -0.670. The van der Waals surface area contributed by atoms with Crippen LogP contribution in [0.3, 0.4) is 0 Å². The summed E-state index contributed by atoms with van der Waals surface area (Å²) in [4.78, 5) is 37.6. The molecule has 2 aromatic rings. The maximum atomic E-state index is 12.4. The summed E-state index contributed by atoms with van der Waals surface area (Å²) in [5.74, 6) is -0.327. The van der Waals surface area contributed by atoms with Crippen molar-refractivity contribution in [2.75, 3.05) is 25.6 Å². The predicted octanol–water partition coefficient (Wildman–Crippen LogP) is 3.56. The summed E-state index contributed by atoms with van der Waals surface area (Å²) in [6.45, 7) is 4.26. The average molecular weight is 461 g/mol. The Balaban J connectivity index is 1.58. The number of nitrogens with one attached hydrogen (secondary N) is 1. The summed E-state index contributed by atoms with van der Waals surface area (Å²) in [7, 11) is 1.49. The third-order valence-electron chi connectivity index (χ3n) is 5.11. The van der Waals surface area contributed by atoms with E-state index in [1.54, 1.807) is 12.1 Å². The van der Waals surface area contributed by atoms with Crippen molar-refractivity contribution in [1.29, 1.82) is 0 Å². The van der Waals surface area contributed by atoms with Gasteiger partial charge in [-0.15, -0.1) is 11.3 Å². The number of amides is 2. The molecule has 8 nitrogen and oxygen atoms in total. The van der Waals surface area contributed by atoms with Crippen LogP contribution in [0.1, 0.15) is 57.8 Å². The van der Waals surface area contributed by atoms with Gasteiger partial charge in [0.1, 0.15) is 5.00 Å². The number of rotatable bonds is 10. The van der Waals surface area contributed by atoms with Gasteiger partial charge in [-0.25, -0.2) is 4.79 Å². The molecule has 0 fully saturated rings. The minimum absolute atomic E-state index is 0.235. The molecule has 172 valence electrons. The number of carbonyl (C=O) groups excluding carboxylic acids is 3. The number of esters is 1. The molecule has 1 aromatic carbocycles. The summed E-state index contributed by atoms with van der Waals surface area (Å²) >= 11 is 1.35. The number of carbonyl (C=O) groups is 3. The first-order chi connectivity index (χ1) is 15.3. The van der Waals surface area contributed by atoms with Crippen LogP contribution in [0.2, 0.25) is 0 Å². The van der Waals surface area contributed by atoms with Crippen LogP contribution in [0.4, 0.5) is 5.00 Å². The van der Waals surface area contributed by atoms with Gasteiger partial charge in [-0.2, -0.15) is 0 Å². The predicted molar refractivity (Wildman–Crippen MR) is 122 cm³/mol. The lowest BCUT2D eigenvalue weighted by Gasteiger charge is -2.13. The van der Waals surface area contributed by atoms with Crippen molar-refractivity contribution in [1.82, 2.24) is 0 Å². The molecule has 3 rings (SSSR count). The van der Waals surface area contributed by atoms with Crippen LogP contribution in [-0.2, 0) is 22.4 Å². The smallest absolute Gasteiger partial charge is 0.338 e. The summed E-state index contributed by atoms with van der Waals surface area (Å²) < 4.78 is 16.2.